The molecule has 2 atom stereocenters. The summed E-state index contributed by atoms with van der Waals surface area (Å²) in [5.41, 5.74) is 11.8. The van der Waals surface area contributed by atoms with Crippen LogP contribution < -0.4 is 5.32 Å². The second kappa shape index (κ2) is 13.5. The molecule has 0 bridgehead atoms. The number of fused-ring (bicyclic) bond motifs is 3. The number of aryl methyl sites for hydroxylation is 1. The molecule has 0 saturated heterocycles. The summed E-state index contributed by atoms with van der Waals surface area (Å²) in [6.07, 6.45) is 17.7. The van der Waals surface area contributed by atoms with Crippen LogP contribution >= 0.6 is 0 Å². The van der Waals surface area contributed by atoms with Gasteiger partial charge in [0.05, 0.1) is 51.8 Å². The average molecular weight is 682 g/mol. The summed E-state index contributed by atoms with van der Waals surface area (Å²) in [4.78, 5) is 0. The summed E-state index contributed by atoms with van der Waals surface area (Å²) in [6, 6.07) is 41.4. The maximum atomic E-state index is 10.9. The van der Waals surface area contributed by atoms with Gasteiger partial charge in [0.1, 0.15) is 6.07 Å². The molecule has 0 saturated carbocycles. The summed E-state index contributed by atoms with van der Waals surface area (Å²) < 4.78 is 2.14. The Labute approximate surface area is 310 Å². The zero-order valence-corrected chi connectivity index (χ0v) is 29.5. The Balaban J connectivity index is 1.24. The van der Waals surface area contributed by atoms with Gasteiger partial charge in [-0.1, -0.05) is 109 Å². The second-order valence-corrected chi connectivity index (χ2v) is 13.8. The van der Waals surface area contributed by atoms with Gasteiger partial charge in [0, 0.05) is 27.6 Å². The molecule has 0 aliphatic heterocycles. The molecule has 252 valence electrons. The highest BCUT2D eigenvalue weighted by Crippen LogP contribution is 2.41. The fraction of sp³-hybridized carbons (Fsp3) is 0.104. The van der Waals surface area contributed by atoms with E-state index in [1.807, 2.05) is 72.8 Å². The summed E-state index contributed by atoms with van der Waals surface area (Å²) in [6.45, 7) is 4.29. The Kier molecular flexibility index (Phi) is 8.44. The van der Waals surface area contributed by atoms with Crippen LogP contribution in [0, 0.1) is 40.9 Å². The van der Waals surface area contributed by atoms with Gasteiger partial charge in [-0.25, -0.2) is 0 Å². The number of nitrogens with one attached hydrogen (secondary N) is 1. The highest BCUT2D eigenvalue weighted by atomic mass is 15.0. The molecule has 2 aliphatic carbocycles. The van der Waals surface area contributed by atoms with Gasteiger partial charge >= 0.3 is 0 Å². The molecular formula is C48H35N5. The van der Waals surface area contributed by atoms with Crippen LogP contribution in [0.5, 0.6) is 0 Å². The third kappa shape index (κ3) is 5.74. The number of rotatable bonds is 6. The Morgan fingerprint density at radius 3 is 2.40 bits per heavy atom. The van der Waals surface area contributed by atoms with Gasteiger partial charge < -0.3 is 9.88 Å². The Morgan fingerprint density at radius 1 is 0.736 bits per heavy atom. The van der Waals surface area contributed by atoms with Gasteiger partial charge in [-0.3, -0.25) is 0 Å². The van der Waals surface area contributed by atoms with E-state index in [1.54, 1.807) is 0 Å². The first-order valence-electron chi connectivity index (χ1n) is 17.7. The number of aromatic nitrogens is 1. The Morgan fingerprint density at radius 2 is 1.55 bits per heavy atom. The predicted octanol–water partition coefficient (Wildman–Crippen LogP) is 10.9. The van der Waals surface area contributed by atoms with E-state index >= 15 is 0 Å². The number of allylic oxidation sites excluding steroid dienone is 5. The van der Waals surface area contributed by atoms with E-state index in [0.717, 1.165) is 56.5 Å². The minimum absolute atomic E-state index is 0.123. The van der Waals surface area contributed by atoms with Crippen LogP contribution in [0.25, 0.3) is 44.9 Å². The number of anilines is 1. The van der Waals surface area contributed by atoms with Crippen LogP contribution in [0.3, 0.4) is 0 Å². The van der Waals surface area contributed by atoms with Crippen molar-refractivity contribution >= 4 is 22.7 Å². The molecular weight excluding hydrogens is 647 g/mol. The second-order valence-electron chi connectivity index (χ2n) is 13.8. The number of hydrogen-bond donors (Lipinski definition) is 1. The highest BCUT2D eigenvalue weighted by molar-refractivity contribution is 5.92. The number of hydrogen-bond acceptors (Lipinski definition) is 4. The van der Waals surface area contributed by atoms with Crippen molar-refractivity contribution in [3.8, 4) is 46.1 Å². The quantitative estimate of drug-likeness (QED) is 0.189. The van der Waals surface area contributed by atoms with Crippen molar-refractivity contribution in [3.63, 3.8) is 0 Å². The van der Waals surface area contributed by atoms with Crippen molar-refractivity contribution < 1.29 is 0 Å². The van der Waals surface area contributed by atoms with Crippen LogP contribution in [0.1, 0.15) is 46.0 Å². The van der Waals surface area contributed by atoms with E-state index in [1.165, 1.54) is 5.56 Å². The first-order chi connectivity index (χ1) is 25.9. The molecule has 0 spiro atoms. The largest absolute Gasteiger partial charge is 0.377 e. The van der Waals surface area contributed by atoms with E-state index in [-0.39, 0.29) is 6.04 Å². The fourth-order valence-corrected chi connectivity index (χ4v) is 7.82. The standard InChI is InChI=1S/C48H35N5/c1-32-22-23-33(29-49)25-40(32)37-15-6-8-18-43(37)52-47-21-10-11-24-48(47,2)36-14-12-13-35(28-36)41-26-34(30-50)27-46(42(41)31-51)53-44-19-5-3-4-16-38(44)39-17-7-9-20-45(39)53/h3-15,17-28,47,52H,16H2,1-2H3. The van der Waals surface area contributed by atoms with E-state index in [2.05, 4.69) is 121 Å². The van der Waals surface area contributed by atoms with Crippen molar-refractivity contribution in [1.29, 1.82) is 15.8 Å². The van der Waals surface area contributed by atoms with Crippen molar-refractivity contribution in [1.82, 2.24) is 4.57 Å². The Hall–Kier alpha value is -7.13. The van der Waals surface area contributed by atoms with Crippen LogP contribution in [0.2, 0.25) is 0 Å². The maximum Gasteiger partial charge on any atom is 0.102 e. The molecule has 53 heavy (non-hydrogen) atoms. The monoisotopic (exact) mass is 681 g/mol. The number of nitriles is 3. The maximum absolute atomic E-state index is 10.9. The summed E-state index contributed by atoms with van der Waals surface area (Å²) >= 11 is 0. The fourth-order valence-electron chi connectivity index (χ4n) is 7.82. The molecule has 5 aromatic carbocycles. The summed E-state index contributed by atoms with van der Waals surface area (Å²) in [5, 5.41) is 35.8. The van der Waals surface area contributed by atoms with Crippen LogP contribution in [-0.4, -0.2) is 10.6 Å². The molecule has 1 N–H and O–H groups in total. The first-order valence-corrected chi connectivity index (χ1v) is 17.7. The van der Waals surface area contributed by atoms with Gasteiger partial charge in [0.15, 0.2) is 0 Å². The minimum Gasteiger partial charge on any atom is -0.377 e. The number of para-hydroxylation sites is 2. The molecule has 5 heteroatoms. The van der Waals surface area contributed by atoms with Gasteiger partial charge in [-0.05, 0) is 90.6 Å². The third-order valence-electron chi connectivity index (χ3n) is 10.6. The lowest BCUT2D eigenvalue weighted by Gasteiger charge is -2.37. The SMILES string of the molecule is Cc1ccc(C#N)cc1-c1ccccc1NC1C=CC=CC1(C)c1cccc(-c2cc(C#N)cc(-n3c4c(c5ccccc53)CC=CC=C4)c2C#N)c1. The molecule has 1 heterocycles. The van der Waals surface area contributed by atoms with Crippen LogP contribution in [-0.2, 0) is 11.8 Å². The van der Waals surface area contributed by atoms with Gasteiger partial charge in [0.25, 0.3) is 0 Å². The first kappa shape index (κ1) is 33.0. The minimum atomic E-state index is -0.477. The van der Waals surface area contributed by atoms with Crippen LogP contribution in [0.15, 0.2) is 146 Å². The Bertz CT molecular complexity index is 2700. The molecule has 0 fully saturated rings. The molecule has 2 unspecified atom stereocenters. The van der Waals surface area contributed by atoms with E-state index in [4.69, 9.17) is 0 Å². The van der Waals surface area contributed by atoms with Crippen molar-refractivity contribution in [2.24, 2.45) is 0 Å². The molecule has 2 aliphatic rings. The number of benzene rings is 5. The summed E-state index contributed by atoms with van der Waals surface area (Å²) in [7, 11) is 0. The zero-order chi connectivity index (χ0) is 36.5. The third-order valence-corrected chi connectivity index (χ3v) is 10.6. The lowest BCUT2D eigenvalue weighted by atomic mass is 9.72. The molecule has 6 aromatic rings. The van der Waals surface area contributed by atoms with Crippen molar-refractivity contribution in [2.75, 3.05) is 5.32 Å². The topological polar surface area (TPSA) is 88.3 Å². The molecule has 1 aromatic heterocycles. The molecule has 8 rings (SSSR count). The van der Waals surface area contributed by atoms with E-state index in [0.29, 0.717) is 27.9 Å². The molecule has 0 radical (unpaired) electrons. The van der Waals surface area contributed by atoms with Gasteiger partial charge in [-0.2, -0.15) is 15.8 Å². The molecule has 0 amide bonds. The van der Waals surface area contributed by atoms with Crippen LogP contribution in [0.4, 0.5) is 5.69 Å². The lowest BCUT2D eigenvalue weighted by Crippen LogP contribution is -2.40. The predicted molar refractivity (Wildman–Crippen MR) is 214 cm³/mol. The van der Waals surface area contributed by atoms with E-state index in [9.17, 15) is 15.8 Å². The summed E-state index contributed by atoms with van der Waals surface area (Å²) in [5.74, 6) is 0. The smallest absolute Gasteiger partial charge is 0.102 e. The number of nitrogens with zero attached hydrogens (tertiary/aromatic N) is 4. The van der Waals surface area contributed by atoms with Gasteiger partial charge in [-0.15, -0.1) is 0 Å². The van der Waals surface area contributed by atoms with Gasteiger partial charge in [0.2, 0.25) is 0 Å². The van der Waals surface area contributed by atoms with E-state index < -0.39 is 5.41 Å². The zero-order valence-electron chi connectivity index (χ0n) is 29.5. The van der Waals surface area contributed by atoms with Crippen molar-refractivity contribution in [3.05, 3.63) is 185 Å². The lowest BCUT2D eigenvalue weighted by molar-refractivity contribution is 0.546. The van der Waals surface area contributed by atoms with Crippen molar-refractivity contribution in [2.45, 2.75) is 31.7 Å². The normalized spacial score (nSPS) is 17.1. The average Bonchev–Trinajstić information content (AvgIpc) is 3.31. The highest BCUT2D eigenvalue weighted by Gasteiger charge is 2.34. The molecule has 5 nitrogen and oxygen atoms in total.